The van der Waals surface area contributed by atoms with E-state index < -0.39 is 29.2 Å². The number of carbonyl (C=O) groups excluding carboxylic acids is 2. The molecular weight excluding hydrogens is 303 g/mol. The Balaban J connectivity index is 1.87. The molecule has 1 N–H and O–H groups in total. The van der Waals surface area contributed by atoms with E-state index in [-0.39, 0.29) is 12.5 Å². The normalized spacial score (nSPS) is 14.9. The Bertz CT molecular complexity index is 598. The lowest BCUT2D eigenvalue weighted by Gasteiger charge is -2.11. The van der Waals surface area contributed by atoms with Crippen LogP contribution in [0.5, 0.6) is 0 Å². The first kappa shape index (κ1) is 15.9. The van der Waals surface area contributed by atoms with Crippen molar-refractivity contribution in [3.05, 3.63) is 29.6 Å². The second kappa shape index (κ2) is 6.54. The molecule has 0 aromatic carbocycles. The lowest BCUT2D eigenvalue weighted by molar-refractivity contribution is -0.145. The monoisotopic (exact) mass is 315 g/mol. The van der Waals surface area contributed by atoms with Gasteiger partial charge in [0.05, 0.1) is 29.8 Å². The number of pyridine rings is 1. The lowest BCUT2D eigenvalue weighted by Crippen LogP contribution is -2.28. The number of hydrogen-bond donors (Lipinski definition) is 1. The molecule has 0 unspecified atom stereocenters. The van der Waals surface area contributed by atoms with E-state index >= 15 is 0 Å². The Morgan fingerprint density at radius 3 is 2.82 bits per heavy atom. The molecule has 0 saturated heterocycles. The fraction of sp³-hybridized carbons (Fsp3) is 0.385. The predicted molar refractivity (Wildman–Crippen MR) is 68.9 cm³/mol. The molecule has 22 heavy (non-hydrogen) atoms. The van der Waals surface area contributed by atoms with Crippen LogP contribution in [0.1, 0.15) is 28.8 Å². The molecule has 0 aliphatic heterocycles. The fourth-order valence-corrected chi connectivity index (χ4v) is 1.58. The molecule has 0 bridgehead atoms. The van der Waals surface area contributed by atoms with E-state index in [4.69, 9.17) is 0 Å². The molecule has 2 rings (SSSR count). The van der Waals surface area contributed by atoms with Crippen LogP contribution in [-0.2, 0) is 15.8 Å². The number of carbonyl (C=O) groups is 2. The number of rotatable bonds is 5. The molecule has 1 fully saturated rings. The van der Waals surface area contributed by atoms with Gasteiger partial charge < -0.3 is 10.2 Å². The number of halogens is 3. The van der Waals surface area contributed by atoms with Gasteiger partial charge in [0, 0.05) is 12.4 Å². The van der Waals surface area contributed by atoms with Crippen molar-refractivity contribution in [1.82, 2.24) is 10.3 Å². The fourth-order valence-electron chi connectivity index (χ4n) is 1.58. The minimum absolute atomic E-state index is 0.114. The molecule has 1 aromatic heterocycles. The summed E-state index contributed by atoms with van der Waals surface area (Å²) in [4.78, 5) is 30.9. The van der Waals surface area contributed by atoms with Crippen molar-refractivity contribution in [2.45, 2.75) is 19.0 Å². The molecule has 1 amide bonds. The van der Waals surface area contributed by atoms with Crippen LogP contribution in [0.25, 0.3) is 0 Å². The van der Waals surface area contributed by atoms with Crippen LogP contribution < -0.4 is 5.32 Å². The summed E-state index contributed by atoms with van der Waals surface area (Å²) in [6, 6.07) is 0.723. The average molecular weight is 315 g/mol. The first-order valence-electron chi connectivity index (χ1n) is 6.41. The summed E-state index contributed by atoms with van der Waals surface area (Å²) >= 11 is 0. The number of alkyl halides is 3. The molecule has 0 spiro atoms. The maximum Gasteiger partial charge on any atom is 0.417 e. The van der Waals surface area contributed by atoms with Crippen LogP contribution in [-0.4, -0.2) is 29.6 Å². The highest BCUT2D eigenvalue weighted by molar-refractivity contribution is 5.96. The van der Waals surface area contributed by atoms with Gasteiger partial charge in [-0.15, -0.1) is 0 Å². The molecule has 1 aromatic rings. The Morgan fingerprint density at radius 1 is 1.45 bits per heavy atom. The Kier molecular flexibility index (Phi) is 4.74. The molecule has 0 radical (unpaired) electrons. The Morgan fingerprint density at radius 2 is 2.18 bits per heavy atom. The second-order valence-electron chi connectivity index (χ2n) is 4.60. The van der Waals surface area contributed by atoms with Gasteiger partial charge in [0.15, 0.2) is 0 Å². The van der Waals surface area contributed by atoms with Gasteiger partial charge in [-0.05, 0) is 18.9 Å². The topological polar surface area (TPSA) is 80.6 Å². The smallest absolute Gasteiger partial charge is 0.347 e. The number of nitrogens with zero attached hydrogens (tertiary/aromatic N) is 2. The van der Waals surface area contributed by atoms with Crippen LogP contribution in [0.2, 0.25) is 0 Å². The second-order valence-corrected chi connectivity index (χ2v) is 4.60. The summed E-state index contributed by atoms with van der Waals surface area (Å²) in [5.74, 6) is -1.51. The third-order valence-electron chi connectivity index (χ3n) is 2.85. The molecule has 6 nitrogen and oxygen atoms in total. The SMILES string of the molecule is O=C(NCC=NOC(=O)C1CC1)c1cnccc1C(F)(F)F. The highest BCUT2D eigenvalue weighted by atomic mass is 19.4. The van der Waals surface area contributed by atoms with Gasteiger partial charge in [-0.25, -0.2) is 4.79 Å². The van der Waals surface area contributed by atoms with Gasteiger partial charge in [0.1, 0.15) is 0 Å². The van der Waals surface area contributed by atoms with Gasteiger partial charge in [-0.1, -0.05) is 5.16 Å². The van der Waals surface area contributed by atoms with E-state index in [9.17, 15) is 22.8 Å². The summed E-state index contributed by atoms with van der Waals surface area (Å²) in [6.07, 6.45) is -0.231. The van der Waals surface area contributed by atoms with E-state index in [2.05, 4.69) is 20.3 Å². The summed E-state index contributed by atoms with van der Waals surface area (Å²) in [5.41, 5.74) is -1.66. The lowest BCUT2D eigenvalue weighted by atomic mass is 10.1. The van der Waals surface area contributed by atoms with Crippen LogP contribution in [0.15, 0.2) is 23.6 Å². The van der Waals surface area contributed by atoms with E-state index in [1.807, 2.05) is 0 Å². The van der Waals surface area contributed by atoms with Gasteiger partial charge in [-0.3, -0.25) is 9.78 Å². The number of amides is 1. The van der Waals surface area contributed by atoms with Crippen LogP contribution >= 0.6 is 0 Å². The molecular formula is C13H12F3N3O3. The third-order valence-corrected chi connectivity index (χ3v) is 2.85. The van der Waals surface area contributed by atoms with E-state index in [1.165, 1.54) is 0 Å². The van der Waals surface area contributed by atoms with Crippen LogP contribution in [0, 0.1) is 5.92 Å². The van der Waals surface area contributed by atoms with Crippen LogP contribution in [0.3, 0.4) is 0 Å². The maximum absolute atomic E-state index is 12.7. The predicted octanol–water partition coefficient (Wildman–Crippen LogP) is 1.77. The number of hydrogen-bond acceptors (Lipinski definition) is 5. The van der Waals surface area contributed by atoms with Crippen molar-refractivity contribution in [1.29, 1.82) is 0 Å². The zero-order chi connectivity index (χ0) is 16.2. The molecule has 0 atom stereocenters. The quantitative estimate of drug-likeness (QED) is 0.510. The summed E-state index contributed by atoms with van der Waals surface area (Å²) in [6.45, 7) is -0.178. The standard InChI is InChI=1S/C13H12F3N3O3/c14-13(15,16)10-3-4-17-7-9(10)11(20)18-5-6-19-22-12(21)8-1-2-8/h3-4,6-8H,1-2,5H2,(H,18,20). The first-order valence-corrected chi connectivity index (χ1v) is 6.41. The van der Waals surface area contributed by atoms with E-state index in [0.717, 1.165) is 37.5 Å². The minimum Gasteiger partial charge on any atom is -0.347 e. The molecule has 118 valence electrons. The Hall–Kier alpha value is -2.45. The van der Waals surface area contributed by atoms with Gasteiger partial charge in [-0.2, -0.15) is 13.2 Å². The van der Waals surface area contributed by atoms with Crippen molar-refractivity contribution in [2.75, 3.05) is 6.54 Å². The highest BCUT2D eigenvalue weighted by Crippen LogP contribution is 2.31. The maximum atomic E-state index is 12.7. The van der Waals surface area contributed by atoms with E-state index in [1.54, 1.807) is 0 Å². The first-order chi connectivity index (χ1) is 10.4. The zero-order valence-electron chi connectivity index (χ0n) is 11.3. The van der Waals surface area contributed by atoms with Crippen molar-refractivity contribution in [3.63, 3.8) is 0 Å². The van der Waals surface area contributed by atoms with E-state index in [0.29, 0.717) is 0 Å². The van der Waals surface area contributed by atoms with Crippen molar-refractivity contribution >= 4 is 18.1 Å². The third kappa shape index (κ3) is 4.27. The number of aromatic nitrogens is 1. The summed E-state index contributed by atoms with van der Waals surface area (Å²) < 4.78 is 38.2. The summed E-state index contributed by atoms with van der Waals surface area (Å²) in [5, 5.41) is 5.55. The minimum atomic E-state index is -4.65. The number of nitrogens with one attached hydrogen (secondary N) is 1. The Labute approximate surface area is 123 Å². The number of oxime groups is 1. The van der Waals surface area contributed by atoms with Gasteiger partial charge in [0.25, 0.3) is 5.91 Å². The van der Waals surface area contributed by atoms with Crippen molar-refractivity contribution in [2.24, 2.45) is 11.1 Å². The molecule has 1 aliphatic carbocycles. The molecule has 9 heteroatoms. The van der Waals surface area contributed by atoms with Crippen LogP contribution in [0.4, 0.5) is 13.2 Å². The molecule has 1 heterocycles. The zero-order valence-corrected chi connectivity index (χ0v) is 11.3. The molecule has 1 saturated carbocycles. The highest BCUT2D eigenvalue weighted by Gasteiger charge is 2.35. The largest absolute Gasteiger partial charge is 0.417 e. The summed E-state index contributed by atoms with van der Waals surface area (Å²) in [7, 11) is 0. The van der Waals surface area contributed by atoms with Crippen molar-refractivity contribution in [3.8, 4) is 0 Å². The average Bonchev–Trinajstić information content (AvgIpc) is 3.30. The molecule has 1 aliphatic rings. The van der Waals surface area contributed by atoms with Gasteiger partial charge in [0.2, 0.25) is 0 Å². The van der Waals surface area contributed by atoms with Gasteiger partial charge >= 0.3 is 12.1 Å². The van der Waals surface area contributed by atoms with Crippen molar-refractivity contribution < 1.29 is 27.6 Å².